The number of thioether (sulfide) groups is 1. The number of allylic oxidation sites excluding steroid dienone is 2. The Kier molecular flexibility index (Phi) is 4.63. The Labute approximate surface area is 95.6 Å². The van der Waals surface area contributed by atoms with Crippen molar-refractivity contribution < 1.29 is 4.79 Å². The van der Waals surface area contributed by atoms with Gasteiger partial charge in [0.15, 0.2) is 5.78 Å². The minimum absolute atomic E-state index is 0.181. The molecular formula is C13H16OS. The summed E-state index contributed by atoms with van der Waals surface area (Å²) in [6.07, 6.45) is 1.70. The average molecular weight is 220 g/mol. The van der Waals surface area contributed by atoms with Crippen LogP contribution in [0.3, 0.4) is 0 Å². The molecule has 0 fully saturated rings. The zero-order chi connectivity index (χ0) is 11.3. The summed E-state index contributed by atoms with van der Waals surface area (Å²) in [6.45, 7) is 5.94. The molecule has 0 saturated heterocycles. The van der Waals surface area contributed by atoms with Gasteiger partial charge in [-0.2, -0.15) is 0 Å². The summed E-state index contributed by atoms with van der Waals surface area (Å²) in [7, 11) is 0. The van der Waals surface area contributed by atoms with Gasteiger partial charge < -0.3 is 0 Å². The van der Waals surface area contributed by atoms with Gasteiger partial charge in [-0.25, -0.2) is 0 Å². The molecule has 2 heteroatoms. The minimum atomic E-state index is 0.181. The van der Waals surface area contributed by atoms with Crippen LogP contribution in [0.25, 0.3) is 0 Å². The van der Waals surface area contributed by atoms with Crippen LogP contribution in [0.1, 0.15) is 19.4 Å². The Balaban J connectivity index is 2.47. The maximum atomic E-state index is 11.4. The quantitative estimate of drug-likeness (QED) is 0.569. The van der Waals surface area contributed by atoms with Gasteiger partial charge in [0.05, 0.1) is 5.75 Å². The van der Waals surface area contributed by atoms with E-state index in [-0.39, 0.29) is 5.78 Å². The number of aryl methyl sites for hydroxylation is 1. The van der Waals surface area contributed by atoms with Crippen LogP contribution >= 0.6 is 11.8 Å². The van der Waals surface area contributed by atoms with Crippen molar-refractivity contribution in [2.75, 3.05) is 5.75 Å². The molecule has 0 unspecified atom stereocenters. The molecule has 15 heavy (non-hydrogen) atoms. The highest BCUT2D eigenvalue weighted by Gasteiger charge is 1.99. The largest absolute Gasteiger partial charge is 0.294 e. The van der Waals surface area contributed by atoms with Crippen molar-refractivity contribution >= 4 is 17.5 Å². The van der Waals surface area contributed by atoms with Gasteiger partial charge in [-0.05, 0) is 39.0 Å². The lowest BCUT2D eigenvalue weighted by Crippen LogP contribution is -1.96. The number of ketones is 1. The van der Waals surface area contributed by atoms with Gasteiger partial charge in [-0.15, -0.1) is 11.8 Å². The molecule has 0 saturated carbocycles. The molecule has 0 aliphatic heterocycles. The van der Waals surface area contributed by atoms with E-state index in [1.54, 1.807) is 17.8 Å². The van der Waals surface area contributed by atoms with Crippen molar-refractivity contribution in [3.05, 3.63) is 41.5 Å². The number of hydrogen-bond acceptors (Lipinski definition) is 2. The van der Waals surface area contributed by atoms with Gasteiger partial charge in [-0.1, -0.05) is 23.3 Å². The van der Waals surface area contributed by atoms with E-state index in [9.17, 15) is 4.79 Å². The van der Waals surface area contributed by atoms with Crippen LogP contribution in [0, 0.1) is 6.92 Å². The first-order valence-corrected chi connectivity index (χ1v) is 5.93. The summed E-state index contributed by atoms with van der Waals surface area (Å²) in [4.78, 5) is 12.5. The second-order valence-corrected chi connectivity index (χ2v) is 4.84. The molecule has 0 N–H and O–H groups in total. The maximum absolute atomic E-state index is 11.4. The van der Waals surface area contributed by atoms with Crippen molar-refractivity contribution in [1.82, 2.24) is 0 Å². The minimum Gasteiger partial charge on any atom is -0.294 e. The summed E-state index contributed by atoms with van der Waals surface area (Å²) >= 11 is 1.59. The molecule has 0 aromatic heterocycles. The Morgan fingerprint density at radius 3 is 2.40 bits per heavy atom. The lowest BCUT2D eigenvalue weighted by molar-refractivity contribution is -0.112. The van der Waals surface area contributed by atoms with E-state index in [0.717, 1.165) is 10.5 Å². The first-order chi connectivity index (χ1) is 7.08. The topological polar surface area (TPSA) is 17.1 Å². The molecular weight excluding hydrogens is 204 g/mol. The van der Waals surface area contributed by atoms with E-state index in [2.05, 4.69) is 31.2 Å². The molecule has 0 atom stereocenters. The number of carbonyl (C=O) groups is 1. The van der Waals surface area contributed by atoms with Crippen molar-refractivity contribution in [2.45, 2.75) is 25.7 Å². The van der Waals surface area contributed by atoms with Gasteiger partial charge >= 0.3 is 0 Å². The standard InChI is InChI=1S/C13H16OS/c1-10(2)8-12(14)9-15-13-6-4-11(3)5-7-13/h4-8H,9H2,1-3H3. The van der Waals surface area contributed by atoms with E-state index in [1.165, 1.54) is 5.56 Å². The zero-order valence-electron chi connectivity index (χ0n) is 9.41. The molecule has 1 aromatic carbocycles. The summed E-state index contributed by atoms with van der Waals surface area (Å²) in [5.74, 6) is 0.703. The lowest BCUT2D eigenvalue weighted by Gasteiger charge is -1.99. The molecule has 0 aliphatic rings. The summed E-state index contributed by atoms with van der Waals surface area (Å²) < 4.78 is 0. The molecule has 80 valence electrons. The molecule has 0 aliphatic carbocycles. The predicted molar refractivity (Wildman–Crippen MR) is 66.3 cm³/mol. The van der Waals surface area contributed by atoms with Gasteiger partial charge in [-0.3, -0.25) is 4.79 Å². The van der Waals surface area contributed by atoms with Crippen molar-refractivity contribution in [3.8, 4) is 0 Å². The van der Waals surface area contributed by atoms with Crippen LogP contribution in [0.4, 0.5) is 0 Å². The molecule has 1 rings (SSSR count). The number of carbonyl (C=O) groups excluding carboxylic acids is 1. The predicted octanol–water partition coefficient (Wildman–Crippen LogP) is 3.62. The lowest BCUT2D eigenvalue weighted by atomic mass is 10.2. The first kappa shape index (κ1) is 12.1. The van der Waals surface area contributed by atoms with Gasteiger partial charge in [0, 0.05) is 4.90 Å². The van der Waals surface area contributed by atoms with Crippen LogP contribution in [0.15, 0.2) is 40.8 Å². The summed E-state index contributed by atoms with van der Waals surface area (Å²) in [5.41, 5.74) is 2.31. The second kappa shape index (κ2) is 5.76. The van der Waals surface area contributed by atoms with E-state index >= 15 is 0 Å². The van der Waals surface area contributed by atoms with Crippen molar-refractivity contribution in [2.24, 2.45) is 0 Å². The Morgan fingerprint density at radius 1 is 1.27 bits per heavy atom. The summed E-state index contributed by atoms with van der Waals surface area (Å²) in [6, 6.07) is 8.23. The van der Waals surface area contributed by atoms with Gasteiger partial charge in [0.2, 0.25) is 0 Å². The van der Waals surface area contributed by atoms with Crippen LogP contribution in [-0.2, 0) is 4.79 Å². The molecule has 0 spiro atoms. The highest BCUT2D eigenvalue weighted by Crippen LogP contribution is 2.18. The Hall–Kier alpha value is -1.02. The highest BCUT2D eigenvalue weighted by atomic mass is 32.2. The molecule has 1 nitrogen and oxygen atoms in total. The fourth-order valence-corrected chi connectivity index (χ4v) is 1.87. The Bertz CT molecular complexity index is 359. The SMILES string of the molecule is CC(C)=CC(=O)CSc1ccc(C)cc1. The van der Waals surface area contributed by atoms with Crippen molar-refractivity contribution in [3.63, 3.8) is 0 Å². The molecule has 0 heterocycles. The highest BCUT2D eigenvalue weighted by molar-refractivity contribution is 8.00. The normalized spacial score (nSPS) is 9.80. The number of rotatable bonds is 4. The average Bonchev–Trinajstić information content (AvgIpc) is 2.16. The molecule has 0 bridgehead atoms. The second-order valence-electron chi connectivity index (χ2n) is 3.79. The third kappa shape index (κ3) is 4.84. The third-order valence-corrected chi connectivity index (χ3v) is 2.89. The van der Waals surface area contributed by atoms with Crippen LogP contribution < -0.4 is 0 Å². The van der Waals surface area contributed by atoms with Crippen LogP contribution in [0.5, 0.6) is 0 Å². The monoisotopic (exact) mass is 220 g/mol. The molecule has 0 radical (unpaired) electrons. The fraction of sp³-hybridized carbons (Fsp3) is 0.308. The van der Waals surface area contributed by atoms with Gasteiger partial charge in [0.25, 0.3) is 0 Å². The first-order valence-electron chi connectivity index (χ1n) is 4.95. The number of hydrogen-bond donors (Lipinski definition) is 0. The summed E-state index contributed by atoms with van der Waals surface area (Å²) in [5, 5.41) is 0. The van der Waals surface area contributed by atoms with Crippen LogP contribution in [-0.4, -0.2) is 11.5 Å². The maximum Gasteiger partial charge on any atom is 0.165 e. The van der Waals surface area contributed by atoms with Gasteiger partial charge in [0.1, 0.15) is 0 Å². The smallest absolute Gasteiger partial charge is 0.165 e. The molecule has 0 amide bonds. The molecule has 1 aromatic rings. The fourth-order valence-electron chi connectivity index (χ4n) is 1.15. The third-order valence-electron chi connectivity index (χ3n) is 1.85. The van der Waals surface area contributed by atoms with E-state index in [4.69, 9.17) is 0 Å². The zero-order valence-corrected chi connectivity index (χ0v) is 10.2. The number of benzene rings is 1. The Morgan fingerprint density at radius 2 is 1.87 bits per heavy atom. The van der Waals surface area contributed by atoms with Crippen molar-refractivity contribution in [1.29, 1.82) is 0 Å². The van der Waals surface area contributed by atoms with E-state index in [1.807, 2.05) is 13.8 Å². The van der Waals surface area contributed by atoms with Crippen LogP contribution in [0.2, 0.25) is 0 Å². The van der Waals surface area contributed by atoms with E-state index < -0.39 is 0 Å². The van der Waals surface area contributed by atoms with E-state index in [0.29, 0.717) is 5.75 Å².